The molecule has 20 heavy (non-hydrogen) atoms. The molecule has 1 N–H and O–H groups in total. The summed E-state index contributed by atoms with van der Waals surface area (Å²) in [5.41, 5.74) is 2.25. The highest BCUT2D eigenvalue weighted by Gasteiger charge is 2.17. The topological polar surface area (TPSA) is 15.3 Å². The van der Waals surface area contributed by atoms with E-state index in [1.807, 2.05) is 15.8 Å². The molecule has 0 amide bonds. The number of anilines is 2. The van der Waals surface area contributed by atoms with Crippen molar-refractivity contribution in [3.05, 3.63) is 36.3 Å². The van der Waals surface area contributed by atoms with Gasteiger partial charge in [0, 0.05) is 17.8 Å². The summed E-state index contributed by atoms with van der Waals surface area (Å²) in [5.74, 6) is 0.577. The van der Waals surface area contributed by atoms with Crippen molar-refractivity contribution in [2.24, 2.45) is 5.92 Å². The van der Waals surface area contributed by atoms with Gasteiger partial charge in [0.1, 0.15) is 0 Å². The van der Waals surface area contributed by atoms with Crippen molar-refractivity contribution in [2.75, 3.05) is 22.7 Å². The molecule has 0 radical (unpaired) electrons. The van der Waals surface area contributed by atoms with Gasteiger partial charge in [-0.05, 0) is 37.3 Å². The van der Waals surface area contributed by atoms with Gasteiger partial charge in [0.15, 0.2) is 0 Å². The van der Waals surface area contributed by atoms with E-state index in [1.165, 1.54) is 0 Å². The molecule has 0 bridgehead atoms. The SMILES string of the molecule is C=CSC(C)(C)CNc1ccccc1N(S)CC(C)C. The number of thioether (sulfide) groups is 1. The highest BCUT2D eigenvalue weighted by atomic mass is 32.2. The molecule has 0 fully saturated rings. The van der Waals surface area contributed by atoms with Crippen molar-refractivity contribution >= 4 is 36.0 Å². The van der Waals surface area contributed by atoms with Crippen LogP contribution < -0.4 is 9.62 Å². The highest BCUT2D eigenvalue weighted by Crippen LogP contribution is 2.30. The van der Waals surface area contributed by atoms with Crippen LogP contribution in [0.25, 0.3) is 0 Å². The van der Waals surface area contributed by atoms with Crippen molar-refractivity contribution in [3.8, 4) is 0 Å². The van der Waals surface area contributed by atoms with Gasteiger partial charge >= 0.3 is 0 Å². The zero-order valence-corrected chi connectivity index (χ0v) is 14.6. The third-order valence-corrected chi connectivity index (χ3v) is 4.15. The first-order chi connectivity index (χ1) is 9.35. The molecule has 2 nitrogen and oxygen atoms in total. The number of benzene rings is 1. The summed E-state index contributed by atoms with van der Waals surface area (Å²) in [5, 5.41) is 5.43. The summed E-state index contributed by atoms with van der Waals surface area (Å²) in [7, 11) is 0. The zero-order valence-electron chi connectivity index (χ0n) is 12.9. The standard InChI is InChI=1S/C16H26N2S2/c1-6-20-16(4,5)12-17-14-9-7-8-10-15(14)18(19)11-13(2)3/h6-10,13,17,19H,1,11-12H2,2-5H3. The van der Waals surface area contributed by atoms with Gasteiger partial charge in [-0.3, -0.25) is 0 Å². The molecule has 0 heterocycles. The fraction of sp³-hybridized carbons (Fsp3) is 0.500. The normalized spacial score (nSPS) is 11.5. The molecule has 0 aromatic heterocycles. The van der Waals surface area contributed by atoms with Gasteiger partial charge in [0.05, 0.1) is 11.4 Å². The largest absolute Gasteiger partial charge is 0.382 e. The molecule has 0 aliphatic carbocycles. The van der Waals surface area contributed by atoms with E-state index < -0.39 is 0 Å². The van der Waals surface area contributed by atoms with Crippen molar-refractivity contribution in [1.29, 1.82) is 0 Å². The molecule has 1 aromatic carbocycles. The predicted molar refractivity (Wildman–Crippen MR) is 98.0 cm³/mol. The van der Waals surface area contributed by atoms with Gasteiger partial charge in [-0.15, -0.1) is 11.8 Å². The lowest BCUT2D eigenvalue weighted by molar-refractivity contribution is 0.669. The van der Waals surface area contributed by atoms with Crippen LogP contribution in [-0.2, 0) is 0 Å². The monoisotopic (exact) mass is 310 g/mol. The maximum Gasteiger partial charge on any atom is 0.0699 e. The fourth-order valence-electron chi connectivity index (χ4n) is 1.87. The van der Waals surface area contributed by atoms with Gasteiger partial charge in [-0.2, -0.15) is 0 Å². The van der Waals surface area contributed by atoms with Gasteiger partial charge in [0.25, 0.3) is 0 Å². The predicted octanol–water partition coefficient (Wildman–Crippen LogP) is 5.06. The van der Waals surface area contributed by atoms with Crippen LogP contribution in [0, 0.1) is 5.92 Å². The maximum atomic E-state index is 4.61. The molecule has 0 atom stereocenters. The lowest BCUT2D eigenvalue weighted by atomic mass is 10.2. The lowest BCUT2D eigenvalue weighted by Crippen LogP contribution is -2.26. The molecule has 4 heteroatoms. The second-order valence-corrected chi connectivity index (χ2v) is 8.05. The number of nitrogens with zero attached hydrogens (tertiary/aromatic N) is 1. The third-order valence-electron chi connectivity index (χ3n) is 2.83. The van der Waals surface area contributed by atoms with Crippen molar-refractivity contribution in [3.63, 3.8) is 0 Å². The molecule has 0 unspecified atom stereocenters. The zero-order chi connectivity index (χ0) is 15.2. The fourth-order valence-corrected chi connectivity index (χ4v) is 2.98. The molecule has 112 valence electrons. The first-order valence-electron chi connectivity index (χ1n) is 6.94. The second kappa shape index (κ2) is 7.89. The number of rotatable bonds is 8. The van der Waals surface area contributed by atoms with Gasteiger partial charge in [-0.1, -0.05) is 45.4 Å². The summed E-state index contributed by atoms with van der Waals surface area (Å²) in [4.78, 5) is 0. The molecule has 0 saturated heterocycles. The van der Waals surface area contributed by atoms with Crippen LogP contribution >= 0.6 is 24.6 Å². The molecule has 0 aliphatic rings. The van der Waals surface area contributed by atoms with Gasteiger partial charge < -0.3 is 9.62 Å². The van der Waals surface area contributed by atoms with E-state index in [0.717, 1.165) is 24.5 Å². The van der Waals surface area contributed by atoms with E-state index in [4.69, 9.17) is 0 Å². The van der Waals surface area contributed by atoms with E-state index in [-0.39, 0.29) is 4.75 Å². The Hall–Kier alpha value is -0.740. The molecule has 0 saturated carbocycles. The minimum atomic E-state index is 0.119. The van der Waals surface area contributed by atoms with Crippen molar-refractivity contribution in [2.45, 2.75) is 32.4 Å². The first kappa shape index (κ1) is 17.3. The van der Waals surface area contributed by atoms with E-state index >= 15 is 0 Å². The minimum Gasteiger partial charge on any atom is -0.382 e. The number of nitrogens with one attached hydrogen (secondary N) is 1. The average molecular weight is 311 g/mol. The minimum absolute atomic E-state index is 0.119. The van der Waals surface area contributed by atoms with Crippen LogP contribution in [0.1, 0.15) is 27.7 Å². The smallest absolute Gasteiger partial charge is 0.0699 e. The Morgan fingerprint density at radius 3 is 2.65 bits per heavy atom. The van der Waals surface area contributed by atoms with Crippen LogP contribution in [0.5, 0.6) is 0 Å². The first-order valence-corrected chi connectivity index (χ1v) is 8.21. The Bertz CT molecular complexity index is 430. The van der Waals surface area contributed by atoms with Gasteiger partial charge in [-0.25, -0.2) is 0 Å². The molecular weight excluding hydrogens is 284 g/mol. The van der Waals surface area contributed by atoms with Crippen LogP contribution in [0.2, 0.25) is 0 Å². The van der Waals surface area contributed by atoms with E-state index in [1.54, 1.807) is 11.8 Å². The van der Waals surface area contributed by atoms with Crippen LogP contribution in [-0.4, -0.2) is 17.8 Å². The summed E-state index contributed by atoms with van der Waals surface area (Å²) >= 11 is 6.35. The van der Waals surface area contributed by atoms with E-state index in [9.17, 15) is 0 Å². The summed E-state index contributed by atoms with van der Waals surface area (Å²) < 4.78 is 2.13. The summed E-state index contributed by atoms with van der Waals surface area (Å²) in [6.07, 6.45) is 0. The molecule has 0 aliphatic heterocycles. The average Bonchev–Trinajstić information content (AvgIpc) is 2.36. The lowest BCUT2D eigenvalue weighted by Gasteiger charge is -2.27. The number of thiol groups is 1. The van der Waals surface area contributed by atoms with Crippen LogP contribution in [0.3, 0.4) is 0 Å². The number of para-hydroxylation sites is 2. The molecule has 0 spiro atoms. The van der Waals surface area contributed by atoms with Crippen LogP contribution in [0.4, 0.5) is 11.4 Å². The maximum absolute atomic E-state index is 4.61. The Kier molecular flexibility index (Phi) is 6.83. The summed E-state index contributed by atoms with van der Waals surface area (Å²) in [6, 6.07) is 8.31. The van der Waals surface area contributed by atoms with Crippen LogP contribution in [0.15, 0.2) is 36.3 Å². The molecule has 1 rings (SSSR count). The second-order valence-electron chi connectivity index (χ2n) is 5.89. The Morgan fingerprint density at radius 1 is 1.40 bits per heavy atom. The third kappa shape index (κ3) is 5.71. The van der Waals surface area contributed by atoms with E-state index in [2.05, 4.69) is 70.6 Å². The van der Waals surface area contributed by atoms with E-state index in [0.29, 0.717) is 5.92 Å². The Balaban J connectivity index is 2.77. The number of hydrogen-bond acceptors (Lipinski definition) is 4. The van der Waals surface area contributed by atoms with Crippen molar-refractivity contribution in [1.82, 2.24) is 0 Å². The van der Waals surface area contributed by atoms with Crippen molar-refractivity contribution < 1.29 is 0 Å². The molecular formula is C16H26N2S2. The number of hydrogen-bond donors (Lipinski definition) is 2. The quantitative estimate of drug-likeness (QED) is 0.653. The molecule has 1 aromatic rings. The Morgan fingerprint density at radius 2 is 2.05 bits per heavy atom. The van der Waals surface area contributed by atoms with Gasteiger partial charge in [0.2, 0.25) is 0 Å². The summed E-state index contributed by atoms with van der Waals surface area (Å²) in [6.45, 7) is 14.4. The highest BCUT2D eigenvalue weighted by molar-refractivity contribution is 8.03. The Labute approximate surface area is 133 Å².